The van der Waals surface area contributed by atoms with Gasteiger partial charge in [0, 0.05) is 6.42 Å². The van der Waals surface area contributed by atoms with Gasteiger partial charge in [0.25, 0.3) is 0 Å². The van der Waals surface area contributed by atoms with Crippen molar-refractivity contribution in [1.82, 2.24) is 5.43 Å². The summed E-state index contributed by atoms with van der Waals surface area (Å²) in [6.45, 7) is 4.16. The largest absolute Gasteiger partial charge is 0.299 e. The summed E-state index contributed by atoms with van der Waals surface area (Å²) in [5, 5.41) is 0. The molecule has 5 nitrogen and oxygen atoms in total. The highest BCUT2D eigenvalue weighted by molar-refractivity contribution is 7.91. The van der Waals surface area contributed by atoms with Crippen molar-refractivity contribution in [3.63, 3.8) is 0 Å². The number of anilines is 1. The standard InChI is InChI=1S/C27H34N2O3S/c1-18(2)22-3-7-24(8-4-22)33(31,32)25-9-5-23(6-10-25)28-29-26(30)17-27-14-19-11-20(15-27)13-21(12-19)16-27/h3-10,18-21,28H,11-17H2,1-2H3,(H,29,30). The number of amides is 1. The molecule has 176 valence electrons. The molecule has 4 bridgehead atoms. The summed E-state index contributed by atoms with van der Waals surface area (Å²) in [6, 6.07) is 13.6. The molecule has 2 aromatic rings. The number of hydrazine groups is 1. The molecule has 0 heterocycles. The van der Waals surface area contributed by atoms with Gasteiger partial charge in [0.1, 0.15) is 0 Å². The van der Waals surface area contributed by atoms with Crippen molar-refractivity contribution in [2.45, 2.75) is 74.5 Å². The van der Waals surface area contributed by atoms with Crippen LogP contribution in [0.15, 0.2) is 58.3 Å². The summed E-state index contributed by atoms with van der Waals surface area (Å²) in [6.07, 6.45) is 8.32. The maximum Gasteiger partial charge on any atom is 0.238 e. The molecule has 0 spiro atoms. The molecule has 0 radical (unpaired) electrons. The minimum Gasteiger partial charge on any atom is -0.299 e. The van der Waals surface area contributed by atoms with Crippen molar-refractivity contribution in [3.05, 3.63) is 54.1 Å². The lowest BCUT2D eigenvalue weighted by Crippen LogP contribution is -2.48. The van der Waals surface area contributed by atoms with Crippen LogP contribution in [-0.2, 0) is 14.6 Å². The van der Waals surface area contributed by atoms with Gasteiger partial charge in [0.05, 0.1) is 15.5 Å². The molecule has 0 saturated heterocycles. The van der Waals surface area contributed by atoms with Crippen molar-refractivity contribution in [2.24, 2.45) is 23.2 Å². The van der Waals surface area contributed by atoms with Crippen LogP contribution in [0.5, 0.6) is 0 Å². The van der Waals surface area contributed by atoms with E-state index < -0.39 is 9.84 Å². The third kappa shape index (κ3) is 4.54. The zero-order valence-corrected chi connectivity index (χ0v) is 20.3. The molecular weight excluding hydrogens is 432 g/mol. The highest BCUT2D eigenvalue weighted by Gasteiger charge is 2.51. The van der Waals surface area contributed by atoms with Gasteiger partial charge < -0.3 is 0 Å². The van der Waals surface area contributed by atoms with E-state index in [4.69, 9.17) is 0 Å². The zero-order chi connectivity index (χ0) is 23.2. The van der Waals surface area contributed by atoms with Crippen LogP contribution in [0.1, 0.15) is 70.3 Å². The van der Waals surface area contributed by atoms with Gasteiger partial charge >= 0.3 is 0 Å². The second kappa shape index (κ2) is 8.46. The minimum absolute atomic E-state index is 0.0268. The molecule has 2 N–H and O–H groups in total. The summed E-state index contributed by atoms with van der Waals surface area (Å²) in [5.74, 6) is 2.86. The van der Waals surface area contributed by atoms with E-state index in [-0.39, 0.29) is 21.1 Å². The average molecular weight is 467 g/mol. The van der Waals surface area contributed by atoms with Gasteiger partial charge in [-0.25, -0.2) is 8.42 Å². The number of hydrogen-bond donors (Lipinski definition) is 2. The van der Waals surface area contributed by atoms with Crippen molar-refractivity contribution < 1.29 is 13.2 Å². The first-order chi connectivity index (χ1) is 15.7. The highest BCUT2D eigenvalue weighted by Crippen LogP contribution is 2.61. The third-order valence-corrected chi connectivity index (χ3v) is 9.85. The molecule has 33 heavy (non-hydrogen) atoms. The fourth-order valence-electron chi connectivity index (χ4n) is 6.92. The molecule has 0 aliphatic heterocycles. The Morgan fingerprint density at radius 3 is 1.85 bits per heavy atom. The van der Waals surface area contributed by atoms with Crippen LogP contribution < -0.4 is 10.9 Å². The smallest absolute Gasteiger partial charge is 0.238 e. The van der Waals surface area contributed by atoms with Crippen LogP contribution in [0.2, 0.25) is 0 Å². The SMILES string of the molecule is CC(C)c1ccc(S(=O)(=O)c2ccc(NNC(=O)CC34CC5CC(CC(C5)C3)C4)cc2)cc1. The van der Waals surface area contributed by atoms with E-state index in [1.807, 2.05) is 12.1 Å². The van der Waals surface area contributed by atoms with Crippen LogP contribution in [0.3, 0.4) is 0 Å². The first-order valence-corrected chi connectivity index (χ1v) is 13.7. The van der Waals surface area contributed by atoms with E-state index in [2.05, 4.69) is 24.7 Å². The number of carbonyl (C=O) groups excluding carboxylic acids is 1. The molecule has 2 aromatic carbocycles. The first kappa shape index (κ1) is 22.5. The lowest BCUT2D eigenvalue weighted by atomic mass is 9.49. The predicted molar refractivity (Wildman–Crippen MR) is 129 cm³/mol. The third-order valence-electron chi connectivity index (χ3n) is 8.07. The van der Waals surface area contributed by atoms with Crippen LogP contribution in [0.4, 0.5) is 5.69 Å². The van der Waals surface area contributed by atoms with E-state index >= 15 is 0 Å². The monoisotopic (exact) mass is 466 g/mol. The number of carbonyl (C=O) groups is 1. The Hall–Kier alpha value is -2.34. The molecule has 1 amide bonds. The van der Waals surface area contributed by atoms with Crippen molar-refractivity contribution in [1.29, 1.82) is 0 Å². The summed E-state index contributed by atoms with van der Waals surface area (Å²) in [7, 11) is -3.58. The zero-order valence-electron chi connectivity index (χ0n) is 19.5. The molecule has 0 aromatic heterocycles. The summed E-state index contributed by atoms with van der Waals surface area (Å²) >= 11 is 0. The molecule has 4 aliphatic rings. The summed E-state index contributed by atoms with van der Waals surface area (Å²) in [5.41, 5.74) is 7.79. The van der Waals surface area contributed by atoms with Crippen LogP contribution in [-0.4, -0.2) is 14.3 Å². The maximum absolute atomic E-state index is 13.0. The number of hydrogen-bond acceptors (Lipinski definition) is 4. The first-order valence-electron chi connectivity index (χ1n) is 12.2. The van der Waals surface area contributed by atoms with Gasteiger partial charge in [0.15, 0.2) is 0 Å². The minimum atomic E-state index is -3.58. The predicted octanol–water partition coefficient (Wildman–Crippen LogP) is 5.69. The van der Waals surface area contributed by atoms with Gasteiger partial charge in [-0.2, -0.15) is 0 Å². The van der Waals surface area contributed by atoms with Crippen LogP contribution in [0, 0.1) is 23.2 Å². The Morgan fingerprint density at radius 1 is 0.879 bits per heavy atom. The Kier molecular flexibility index (Phi) is 5.76. The van der Waals surface area contributed by atoms with Gasteiger partial charge in [-0.05, 0) is 110 Å². The molecular formula is C27H34N2O3S. The van der Waals surface area contributed by atoms with Crippen LogP contribution in [0.25, 0.3) is 0 Å². The molecule has 0 unspecified atom stereocenters. The summed E-state index contributed by atoms with van der Waals surface area (Å²) < 4.78 is 25.9. The Morgan fingerprint density at radius 2 is 1.36 bits per heavy atom. The fraction of sp³-hybridized carbons (Fsp3) is 0.519. The molecule has 4 saturated carbocycles. The Labute approximate surface area is 197 Å². The topological polar surface area (TPSA) is 75.3 Å². The number of sulfone groups is 1. The second-order valence-corrected chi connectivity index (χ2v) is 13.0. The van der Waals surface area contributed by atoms with Crippen molar-refractivity contribution in [3.8, 4) is 0 Å². The van der Waals surface area contributed by atoms with Gasteiger partial charge in [0.2, 0.25) is 15.7 Å². The van der Waals surface area contributed by atoms with Gasteiger partial charge in [-0.1, -0.05) is 26.0 Å². The molecule has 6 heteroatoms. The quantitative estimate of drug-likeness (QED) is 0.514. The molecule has 6 rings (SSSR count). The number of rotatable bonds is 7. The van der Waals surface area contributed by atoms with Gasteiger partial charge in [-0.3, -0.25) is 15.6 Å². The van der Waals surface area contributed by atoms with E-state index in [1.165, 1.54) is 38.5 Å². The maximum atomic E-state index is 13.0. The highest BCUT2D eigenvalue weighted by atomic mass is 32.2. The number of benzene rings is 2. The fourth-order valence-corrected chi connectivity index (χ4v) is 8.18. The van der Waals surface area contributed by atoms with Crippen molar-refractivity contribution in [2.75, 3.05) is 5.43 Å². The van der Waals surface area contributed by atoms with E-state index in [9.17, 15) is 13.2 Å². The normalized spacial score (nSPS) is 28.2. The molecule has 4 aliphatic carbocycles. The lowest BCUT2D eigenvalue weighted by Gasteiger charge is -2.56. The summed E-state index contributed by atoms with van der Waals surface area (Å²) in [4.78, 5) is 13.2. The number of nitrogens with one attached hydrogen (secondary N) is 2. The Balaban J connectivity index is 1.19. The lowest BCUT2D eigenvalue weighted by molar-refractivity contribution is -0.128. The molecule has 0 atom stereocenters. The van der Waals surface area contributed by atoms with E-state index in [0.717, 1.165) is 23.3 Å². The molecule has 4 fully saturated rings. The Bertz CT molecular complexity index is 1090. The van der Waals surface area contributed by atoms with Gasteiger partial charge in [-0.15, -0.1) is 0 Å². The van der Waals surface area contributed by atoms with Crippen molar-refractivity contribution >= 4 is 21.4 Å². The van der Waals surface area contributed by atoms with Crippen LogP contribution >= 0.6 is 0 Å². The van der Waals surface area contributed by atoms with E-state index in [1.54, 1.807) is 36.4 Å². The average Bonchev–Trinajstić information content (AvgIpc) is 2.77. The van der Waals surface area contributed by atoms with E-state index in [0.29, 0.717) is 18.0 Å². The second-order valence-electron chi connectivity index (χ2n) is 11.0.